The van der Waals surface area contributed by atoms with Gasteiger partial charge in [-0.2, -0.15) is 4.31 Å². The lowest BCUT2D eigenvalue weighted by molar-refractivity contribution is -0.130. The van der Waals surface area contributed by atoms with Crippen molar-refractivity contribution in [1.82, 2.24) is 19.4 Å². The summed E-state index contributed by atoms with van der Waals surface area (Å²) in [5, 5.41) is 2.87. The number of rotatable bonds is 3. The second kappa shape index (κ2) is 6.82. The zero-order valence-electron chi connectivity index (χ0n) is 16.4. The van der Waals surface area contributed by atoms with Gasteiger partial charge in [0.15, 0.2) is 0 Å². The molecular weight excluding hydrogens is 380 g/mol. The fourth-order valence-corrected chi connectivity index (χ4v) is 6.03. The van der Waals surface area contributed by atoms with Gasteiger partial charge in [-0.05, 0) is 48.9 Å². The van der Waals surface area contributed by atoms with E-state index in [2.05, 4.69) is 10.2 Å². The molecule has 3 atom stereocenters. The number of nitrogens with one attached hydrogen (secondary N) is 1. The minimum Gasteiger partial charge on any atom is -0.322 e. The van der Waals surface area contributed by atoms with Crippen LogP contribution < -0.4 is 5.32 Å². The summed E-state index contributed by atoms with van der Waals surface area (Å²) in [5.74, 6) is 0.241. The van der Waals surface area contributed by atoms with Crippen molar-refractivity contribution in [2.45, 2.75) is 31.3 Å². The van der Waals surface area contributed by atoms with Gasteiger partial charge in [-0.1, -0.05) is 6.07 Å². The molecule has 1 aromatic rings. The van der Waals surface area contributed by atoms with Crippen molar-refractivity contribution in [3.8, 4) is 0 Å². The van der Waals surface area contributed by atoms with E-state index in [4.69, 9.17) is 0 Å². The molecule has 1 aromatic carbocycles. The fourth-order valence-electron chi connectivity index (χ4n) is 4.39. The molecule has 3 unspecified atom stereocenters. The van der Waals surface area contributed by atoms with E-state index in [0.29, 0.717) is 31.1 Å². The van der Waals surface area contributed by atoms with Crippen molar-refractivity contribution < 1.29 is 18.0 Å². The number of sulfonamides is 1. The number of likely N-dealkylation sites (tertiary alicyclic amines) is 1. The number of amides is 3. The number of fused-ring (bicyclic) bond motifs is 1. The molecule has 3 aliphatic heterocycles. The second-order valence-electron chi connectivity index (χ2n) is 8.16. The van der Waals surface area contributed by atoms with Crippen LogP contribution in [0.3, 0.4) is 0 Å². The lowest BCUT2D eigenvalue weighted by Gasteiger charge is -2.35. The Morgan fingerprint density at radius 1 is 1.00 bits per heavy atom. The Morgan fingerprint density at radius 2 is 1.64 bits per heavy atom. The number of nitrogens with zero attached hydrogens (tertiary/aromatic N) is 3. The van der Waals surface area contributed by atoms with Gasteiger partial charge in [0.05, 0.1) is 17.5 Å². The molecule has 3 aliphatic rings. The quantitative estimate of drug-likeness (QED) is 0.800. The highest BCUT2D eigenvalue weighted by Crippen LogP contribution is 2.35. The summed E-state index contributed by atoms with van der Waals surface area (Å²) >= 11 is 0. The van der Waals surface area contributed by atoms with E-state index in [0.717, 1.165) is 16.0 Å². The number of carbonyl (C=O) groups is 2. The van der Waals surface area contributed by atoms with Gasteiger partial charge in [0.1, 0.15) is 0 Å². The van der Waals surface area contributed by atoms with Crippen LogP contribution in [0.1, 0.15) is 17.5 Å². The molecule has 3 amide bonds. The highest BCUT2D eigenvalue weighted by atomic mass is 32.2. The third kappa shape index (κ3) is 3.21. The predicted octanol–water partition coefficient (Wildman–Crippen LogP) is 0.754. The van der Waals surface area contributed by atoms with E-state index in [9.17, 15) is 18.0 Å². The summed E-state index contributed by atoms with van der Waals surface area (Å²) in [4.78, 5) is 27.4. The Kier molecular flexibility index (Phi) is 4.71. The minimum absolute atomic E-state index is 0.190. The van der Waals surface area contributed by atoms with Crippen molar-refractivity contribution in [2.75, 3.05) is 33.2 Å². The molecular formula is C19H26N4O4S. The molecule has 8 nitrogen and oxygen atoms in total. The van der Waals surface area contributed by atoms with Crippen LogP contribution in [0.25, 0.3) is 0 Å². The standard InChI is InChI=1S/C19H26N4O4S/c1-12-4-5-16(6-13(12)2)28(26,27)23-10-14-8-22(9-15(14)11-23)17-7-18(24)21(3)19(25)20-17/h4-6,14-15,17H,7-11H2,1-3H3,(H,20,25). The van der Waals surface area contributed by atoms with Gasteiger partial charge in [0.2, 0.25) is 15.9 Å². The van der Waals surface area contributed by atoms with E-state index in [1.54, 1.807) is 16.4 Å². The first-order chi connectivity index (χ1) is 13.2. The fraction of sp³-hybridized carbons (Fsp3) is 0.579. The molecule has 9 heteroatoms. The topological polar surface area (TPSA) is 90.0 Å². The maximum absolute atomic E-state index is 13.0. The molecule has 4 rings (SSSR count). The average Bonchev–Trinajstić information content (AvgIpc) is 3.21. The molecule has 0 saturated carbocycles. The van der Waals surface area contributed by atoms with Gasteiger partial charge < -0.3 is 5.32 Å². The SMILES string of the molecule is Cc1ccc(S(=O)(=O)N2CC3CN(C4CC(=O)N(C)C(=O)N4)CC3C2)cc1C. The summed E-state index contributed by atoms with van der Waals surface area (Å²) in [6.45, 7) is 6.21. The molecule has 0 aromatic heterocycles. The molecule has 1 N–H and O–H groups in total. The zero-order chi connectivity index (χ0) is 20.2. The first kappa shape index (κ1) is 19.4. The van der Waals surface area contributed by atoms with Crippen molar-refractivity contribution in [1.29, 1.82) is 0 Å². The van der Waals surface area contributed by atoms with Crippen LogP contribution in [-0.4, -0.2) is 73.9 Å². The highest BCUT2D eigenvalue weighted by Gasteiger charge is 2.47. The van der Waals surface area contributed by atoms with Crippen molar-refractivity contribution >= 4 is 22.0 Å². The Hall–Kier alpha value is -1.97. The molecule has 3 heterocycles. The molecule has 152 valence electrons. The number of carbonyl (C=O) groups excluding carboxylic acids is 2. The Balaban J connectivity index is 1.43. The third-order valence-corrected chi connectivity index (χ3v) is 8.20. The number of imide groups is 1. The minimum atomic E-state index is -3.50. The van der Waals surface area contributed by atoms with E-state index < -0.39 is 10.0 Å². The van der Waals surface area contributed by atoms with Gasteiger partial charge in [-0.15, -0.1) is 0 Å². The molecule has 0 radical (unpaired) electrons. The Morgan fingerprint density at radius 3 is 2.21 bits per heavy atom. The van der Waals surface area contributed by atoms with Crippen LogP contribution in [-0.2, 0) is 14.8 Å². The average molecular weight is 407 g/mol. The van der Waals surface area contributed by atoms with E-state index in [1.165, 1.54) is 7.05 Å². The zero-order valence-corrected chi connectivity index (χ0v) is 17.2. The summed E-state index contributed by atoms with van der Waals surface area (Å²) in [7, 11) is -2.03. The Labute approximate surface area is 165 Å². The largest absolute Gasteiger partial charge is 0.325 e. The lowest BCUT2D eigenvalue weighted by atomic mass is 10.0. The van der Waals surface area contributed by atoms with Crippen LogP contribution in [0.5, 0.6) is 0 Å². The first-order valence-electron chi connectivity index (χ1n) is 9.55. The van der Waals surface area contributed by atoms with Gasteiger partial charge in [-0.25, -0.2) is 13.2 Å². The summed E-state index contributed by atoms with van der Waals surface area (Å²) in [6.07, 6.45) is -0.0432. The smallest absolute Gasteiger partial charge is 0.322 e. The van der Waals surface area contributed by atoms with Crippen LogP contribution in [0.4, 0.5) is 4.79 Å². The molecule has 3 saturated heterocycles. The maximum Gasteiger partial charge on any atom is 0.325 e. The van der Waals surface area contributed by atoms with Crippen LogP contribution >= 0.6 is 0 Å². The maximum atomic E-state index is 13.0. The van der Waals surface area contributed by atoms with E-state index in [1.807, 2.05) is 19.9 Å². The summed E-state index contributed by atoms with van der Waals surface area (Å²) in [5.41, 5.74) is 2.04. The second-order valence-corrected chi connectivity index (χ2v) is 10.1. The van der Waals surface area contributed by atoms with Crippen LogP contribution in [0.15, 0.2) is 23.1 Å². The predicted molar refractivity (Wildman–Crippen MR) is 103 cm³/mol. The molecule has 0 aliphatic carbocycles. The highest BCUT2D eigenvalue weighted by molar-refractivity contribution is 7.89. The van der Waals surface area contributed by atoms with Gasteiger partial charge in [0.25, 0.3) is 0 Å². The van der Waals surface area contributed by atoms with Gasteiger partial charge >= 0.3 is 6.03 Å². The monoisotopic (exact) mass is 406 g/mol. The number of hydrogen-bond acceptors (Lipinski definition) is 5. The van der Waals surface area contributed by atoms with Crippen LogP contribution in [0.2, 0.25) is 0 Å². The number of hydrogen-bond donors (Lipinski definition) is 1. The van der Waals surface area contributed by atoms with E-state index in [-0.39, 0.29) is 36.4 Å². The molecule has 3 fully saturated rings. The summed E-state index contributed by atoms with van der Waals surface area (Å²) in [6, 6.07) is 4.89. The molecule has 28 heavy (non-hydrogen) atoms. The van der Waals surface area contributed by atoms with Crippen molar-refractivity contribution in [2.24, 2.45) is 11.8 Å². The number of benzene rings is 1. The number of aryl methyl sites for hydroxylation is 2. The molecule has 0 bridgehead atoms. The van der Waals surface area contributed by atoms with Crippen LogP contribution in [0, 0.1) is 25.7 Å². The molecule has 0 spiro atoms. The number of urea groups is 1. The first-order valence-corrected chi connectivity index (χ1v) is 11.0. The van der Waals surface area contributed by atoms with Crippen molar-refractivity contribution in [3.63, 3.8) is 0 Å². The Bertz CT molecular complexity index is 900. The third-order valence-electron chi connectivity index (χ3n) is 6.37. The van der Waals surface area contributed by atoms with Gasteiger partial charge in [-0.3, -0.25) is 14.6 Å². The van der Waals surface area contributed by atoms with Crippen molar-refractivity contribution in [3.05, 3.63) is 29.3 Å². The summed E-state index contributed by atoms with van der Waals surface area (Å²) < 4.78 is 27.7. The van der Waals surface area contributed by atoms with Gasteiger partial charge in [0, 0.05) is 33.2 Å². The normalized spacial score (nSPS) is 29.2. The lowest BCUT2D eigenvalue weighted by Crippen LogP contribution is -2.59. The van der Waals surface area contributed by atoms with E-state index >= 15 is 0 Å².